The van der Waals surface area contributed by atoms with Crippen molar-refractivity contribution < 1.29 is 9.90 Å². The Morgan fingerprint density at radius 2 is 1.91 bits per heavy atom. The monoisotopic (exact) mass is 370 g/mol. The van der Waals surface area contributed by atoms with Crippen LogP contribution in [0.25, 0.3) is 0 Å². The van der Waals surface area contributed by atoms with Gasteiger partial charge < -0.3 is 9.90 Å². The van der Waals surface area contributed by atoms with E-state index in [1.807, 2.05) is 24.3 Å². The average Bonchev–Trinajstić information content (AvgIpc) is 2.54. The molecular weight excluding hydrogens is 361 g/mol. The van der Waals surface area contributed by atoms with Crippen molar-refractivity contribution in [2.45, 2.75) is 13.3 Å². The Labute approximate surface area is 147 Å². The van der Waals surface area contributed by atoms with Crippen LogP contribution in [-0.2, 0) is 6.42 Å². The maximum absolute atomic E-state index is 11.0. The number of carboxylic acid groups (broad SMARTS) is 1. The highest BCUT2D eigenvalue weighted by molar-refractivity contribution is 6.46. The van der Waals surface area contributed by atoms with Crippen molar-refractivity contribution in [3.8, 4) is 0 Å². The third-order valence-electron chi connectivity index (χ3n) is 3.01. The molecule has 5 nitrogen and oxygen atoms in total. The Balaban J connectivity index is 2.25. The van der Waals surface area contributed by atoms with E-state index in [0.29, 0.717) is 0 Å². The number of rotatable bonds is 5. The Hall–Kier alpha value is -1.82. The normalized spacial score (nSPS) is 11.0. The van der Waals surface area contributed by atoms with Crippen molar-refractivity contribution in [2.24, 2.45) is 5.10 Å². The topological polar surface area (TPSA) is 77.4 Å². The van der Waals surface area contributed by atoms with Crippen LogP contribution in [0.3, 0.4) is 0 Å². The lowest BCUT2D eigenvalue weighted by Crippen LogP contribution is -2.24. The summed E-state index contributed by atoms with van der Waals surface area (Å²) >= 11 is 17.7. The highest BCUT2D eigenvalue weighted by Gasteiger charge is 2.16. The standard InChI is InChI=1S/C15H12Cl3N3O2/c1-2-8-3-5-9(6-4-8)7-19-21-12-10(16)13(15(22)23)20-14(18)11(12)17/h3-7H,2H2,1H3,(H,20,21)(H,22,23)/p-1/b19-7-. The number of carbonyl (C=O) groups excluding carboxylic acids is 1. The van der Waals surface area contributed by atoms with Crippen LogP contribution in [0.1, 0.15) is 28.5 Å². The number of benzene rings is 1. The number of aryl methyl sites for hydroxylation is 1. The minimum Gasteiger partial charge on any atom is -0.543 e. The summed E-state index contributed by atoms with van der Waals surface area (Å²) in [4.78, 5) is 14.5. The van der Waals surface area contributed by atoms with E-state index >= 15 is 0 Å². The predicted octanol–water partition coefficient (Wildman–Crippen LogP) is 3.41. The summed E-state index contributed by atoms with van der Waals surface area (Å²) in [6.07, 6.45) is 2.49. The zero-order valence-corrected chi connectivity index (χ0v) is 14.2. The van der Waals surface area contributed by atoms with Gasteiger partial charge in [-0.3, -0.25) is 5.43 Å². The second kappa shape index (κ2) is 7.64. The molecule has 2 rings (SSSR count). The number of hydrogen-bond acceptors (Lipinski definition) is 5. The summed E-state index contributed by atoms with van der Waals surface area (Å²) in [5.74, 6) is -1.56. The van der Waals surface area contributed by atoms with E-state index in [4.69, 9.17) is 34.8 Å². The molecule has 0 radical (unpaired) electrons. The highest BCUT2D eigenvalue weighted by Crippen LogP contribution is 2.36. The number of hydrazone groups is 1. The minimum atomic E-state index is -1.56. The van der Waals surface area contributed by atoms with E-state index < -0.39 is 11.7 Å². The molecular formula is C15H11Cl3N3O2-. The van der Waals surface area contributed by atoms with Crippen LogP contribution in [0.2, 0.25) is 15.2 Å². The van der Waals surface area contributed by atoms with Crippen molar-refractivity contribution in [1.29, 1.82) is 0 Å². The number of aromatic carboxylic acids is 1. The molecule has 120 valence electrons. The van der Waals surface area contributed by atoms with Gasteiger partial charge in [-0.25, -0.2) is 4.98 Å². The molecule has 0 unspecified atom stereocenters. The first-order valence-corrected chi connectivity index (χ1v) is 7.71. The van der Waals surface area contributed by atoms with E-state index in [9.17, 15) is 9.90 Å². The third-order valence-corrected chi connectivity index (χ3v) is 4.12. The highest BCUT2D eigenvalue weighted by atomic mass is 35.5. The molecule has 23 heavy (non-hydrogen) atoms. The Morgan fingerprint density at radius 1 is 1.26 bits per heavy atom. The maximum Gasteiger partial charge on any atom is 0.150 e. The summed E-state index contributed by atoms with van der Waals surface area (Å²) in [6, 6.07) is 7.77. The number of aromatic nitrogens is 1. The molecule has 2 aromatic rings. The number of nitrogens with one attached hydrogen (secondary N) is 1. The molecule has 0 spiro atoms. The van der Waals surface area contributed by atoms with E-state index in [-0.39, 0.29) is 20.9 Å². The molecule has 0 aliphatic rings. The molecule has 0 aliphatic heterocycles. The van der Waals surface area contributed by atoms with Gasteiger partial charge >= 0.3 is 0 Å². The molecule has 0 fully saturated rings. The van der Waals surface area contributed by atoms with Crippen molar-refractivity contribution in [1.82, 2.24) is 4.98 Å². The fourth-order valence-corrected chi connectivity index (χ4v) is 2.42. The summed E-state index contributed by atoms with van der Waals surface area (Å²) < 4.78 is 0. The van der Waals surface area contributed by atoms with Crippen LogP contribution >= 0.6 is 34.8 Å². The number of carboxylic acids is 1. The number of pyridine rings is 1. The lowest BCUT2D eigenvalue weighted by atomic mass is 10.1. The van der Waals surface area contributed by atoms with Gasteiger partial charge in [0.2, 0.25) is 0 Å². The van der Waals surface area contributed by atoms with Crippen LogP contribution in [0.15, 0.2) is 29.4 Å². The fourth-order valence-electron chi connectivity index (χ4n) is 1.76. The van der Waals surface area contributed by atoms with Gasteiger partial charge in [-0.2, -0.15) is 5.10 Å². The van der Waals surface area contributed by atoms with Gasteiger partial charge in [0.1, 0.15) is 10.7 Å². The van der Waals surface area contributed by atoms with E-state index in [0.717, 1.165) is 12.0 Å². The maximum atomic E-state index is 11.0. The first kappa shape index (κ1) is 17.5. The molecule has 1 heterocycles. The van der Waals surface area contributed by atoms with E-state index in [2.05, 4.69) is 22.4 Å². The van der Waals surface area contributed by atoms with Gasteiger partial charge in [0.25, 0.3) is 0 Å². The first-order valence-electron chi connectivity index (χ1n) is 6.57. The smallest absolute Gasteiger partial charge is 0.150 e. The number of nitrogens with zero attached hydrogens (tertiary/aromatic N) is 2. The van der Waals surface area contributed by atoms with Gasteiger partial charge in [-0.1, -0.05) is 66.0 Å². The molecule has 0 saturated heterocycles. The van der Waals surface area contributed by atoms with Crippen LogP contribution in [0.5, 0.6) is 0 Å². The summed E-state index contributed by atoms with van der Waals surface area (Å²) in [6.45, 7) is 2.07. The van der Waals surface area contributed by atoms with Crippen molar-refractivity contribution in [3.05, 3.63) is 56.3 Å². The zero-order valence-electron chi connectivity index (χ0n) is 11.9. The number of carbonyl (C=O) groups is 1. The Bertz CT molecular complexity index is 762. The summed E-state index contributed by atoms with van der Waals surface area (Å²) in [5.41, 5.74) is 4.18. The first-order chi connectivity index (χ1) is 10.9. The second-order valence-electron chi connectivity index (χ2n) is 4.51. The molecule has 0 amide bonds. The molecule has 1 N–H and O–H groups in total. The fraction of sp³-hybridized carbons (Fsp3) is 0.133. The van der Waals surface area contributed by atoms with Gasteiger partial charge in [-0.15, -0.1) is 0 Å². The van der Waals surface area contributed by atoms with Crippen molar-refractivity contribution >= 4 is 52.7 Å². The third kappa shape index (κ3) is 4.13. The molecule has 0 bridgehead atoms. The Morgan fingerprint density at radius 3 is 2.48 bits per heavy atom. The van der Waals surface area contributed by atoms with Crippen LogP contribution in [-0.4, -0.2) is 17.2 Å². The summed E-state index contributed by atoms with van der Waals surface area (Å²) in [7, 11) is 0. The zero-order chi connectivity index (χ0) is 17.0. The molecule has 8 heteroatoms. The van der Waals surface area contributed by atoms with Crippen molar-refractivity contribution in [2.75, 3.05) is 5.43 Å². The number of hydrogen-bond donors (Lipinski definition) is 1. The second-order valence-corrected chi connectivity index (χ2v) is 5.62. The van der Waals surface area contributed by atoms with Crippen LogP contribution < -0.4 is 10.5 Å². The summed E-state index contributed by atoms with van der Waals surface area (Å²) in [5, 5.41) is 14.5. The lowest BCUT2D eigenvalue weighted by molar-refractivity contribution is -0.255. The number of halogens is 3. The minimum absolute atomic E-state index is 0.0276. The van der Waals surface area contributed by atoms with Gasteiger partial charge in [0.05, 0.1) is 22.9 Å². The number of anilines is 1. The van der Waals surface area contributed by atoms with Gasteiger partial charge in [0.15, 0.2) is 5.15 Å². The predicted molar refractivity (Wildman–Crippen MR) is 90.6 cm³/mol. The molecule has 1 aromatic carbocycles. The average molecular weight is 372 g/mol. The van der Waals surface area contributed by atoms with E-state index in [1.54, 1.807) is 6.21 Å². The largest absolute Gasteiger partial charge is 0.543 e. The molecule has 0 atom stereocenters. The van der Waals surface area contributed by atoms with Crippen LogP contribution in [0.4, 0.5) is 5.69 Å². The van der Waals surface area contributed by atoms with Gasteiger partial charge in [-0.05, 0) is 17.5 Å². The Kier molecular flexibility index (Phi) is 5.82. The lowest BCUT2D eigenvalue weighted by Gasteiger charge is -2.12. The molecule has 0 saturated carbocycles. The quantitative estimate of drug-likeness (QED) is 0.496. The molecule has 1 aromatic heterocycles. The van der Waals surface area contributed by atoms with Crippen molar-refractivity contribution in [3.63, 3.8) is 0 Å². The SMILES string of the molecule is CCc1ccc(/C=N\Nc2c(Cl)c(Cl)nc(C(=O)[O-])c2Cl)cc1. The van der Waals surface area contributed by atoms with Gasteiger partial charge in [0, 0.05) is 0 Å². The van der Waals surface area contributed by atoms with E-state index in [1.165, 1.54) is 5.56 Å². The van der Waals surface area contributed by atoms with Crippen LogP contribution in [0, 0.1) is 0 Å². The molecule has 0 aliphatic carbocycles.